The van der Waals surface area contributed by atoms with Crippen molar-refractivity contribution in [3.8, 4) is 5.75 Å². The third-order valence-corrected chi connectivity index (χ3v) is 6.56. The van der Waals surface area contributed by atoms with Crippen molar-refractivity contribution in [3.05, 3.63) is 29.5 Å². The summed E-state index contributed by atoms with van der Waals surface area (Å²) in [5, 5.41) is 5.04. The van der Waals surface area contributed by atoms with Crippen molar-refractivity contribution in [1.82, 2.24) is 15.2 Å². The number of hydrogen-bond donors (Lipinski definition) is 2. The summed E-state index contributed by atoms with van der Waals surface area (Å²) in [6.45, 7) is 3.25. The van der Waals surface area contributed by atoms with Crippen LogP contribution in [-0.4, -0.2) is 55.2 Å². The van der Waals surface area contributed by atoms with Gasteiger partial charge in [0.05, 0.1) is 12.6 Å². The number of methoxy groups -OCH3 is 1. The third kappa shape index (κ3) is 2.74. The van der Waals surface area contributed by atoms with Gasteiger partial charge >= 0.3 is 0 Å². The molecule has 6 heteroatoms. The predicted molar refractivity (Wildman–Crippen MR) is 103 cm³/mol. The van der Waals surface area contributed by atoms with Gasteiger partial charge < -0.3 is 24.7 Å². The SMILES string of the molecule is COc1ccc2[nH]c3c(c2c1)CCNC31CCN(C(=O)C2CCCO2)CC1. The van der Waals surface area contributed by atoms with Crippen LogP contribution in [0.5, 0.6) is 5.75 Å². The summed E-state index contributed by atoms with van der Waals surface area (Å²) in [6.07, 6.45) is 4.53. The summed E-state index contributed by atoms with van der Waals surface area (Å²) in [4.78, 5) is 18.4. The van der Waals surface area contributed by atoms with Gasteiger partial charge in [0.15, 0.2) is 0 Å². The first-order chi connectivity index (χ1) is 13.2. The minimum absolute atomic E-state index is 0.0623. The van der Waals surface area contributed by atoms with Crippen molar-refractivity contribution in [2.45, 2.75) is 43.7 Å². The summed E-state index contributed by atoms with van der Waals surface area (Å²) in [5.41, 5.74) is 3.82. The zero-order valence-electron chi connectivity index (χ0n) is 15.8. The molecule has 6 nitrogen and oxygen atoms in total. The highest BCUT2D eigenvalue weighted by atomic mass is 16.5. The molecule has 1 aromatic carbocycles. The van der Waals surface area contributed by atoms with Gasteiger partial charge in [0.2, 0.25) is 0 Å². The van der Waals surface area contributed by atoms with Crippen molar-refractivity contribution in [2.75, 3.05) is 33.4 Å². The van der Waals surface area contributed by atoms with E-state index < -0.39 is 0 Å². The maximum atomic E-state index is 12.7. The van der Waals surface area contributed by atoms with Crippen molar-refractivity contribution < 1.29 is 14.3 Å². The highest BCUT2D eigenvalue weighted by Crippen LogP contribution is 2.41. The second-order valence-corrected chi connectivity index (χ2v) is 7.98. The number of likely N-dealkylation sites (tertiary alicyclic amines) is 1. The van der Waals surface area contributed by atoms with Gasteiger partial charge in [-0.05, 0) is 55.9 Å². The summed E-state index contributed by atoms with van der Waals surface area (Å²) in [6, 6.07) is 6.25. The van der Waals surface area contributed by atoms with Crippen molar-refractivity contribution in [1.29, 1.82) is 0 Å². The standard InChI is InChI=1S/C21H27N3O3/c1-26-14-4-5-17-16(13-14)15-6-9-22-21(19(15)23-17)7-10-24(11-8-21)20(25)18-3-2-12-27-18/h4-5,13,18,22-23H,2-3,6-12H2,1H3. The summed E-state index contributed by atoms with van der Waals surface area (Å²) < 4.78 is 11.0. The fourth-order valence-corrected chi connectivity index (χ4v) is 5.05. The minimum atomic E-state index is -0.213. The van der Waals surface area contributed by atoms with Crippen LogP contribution in [-0.2, 0) is 21.5 Å². The van der Waals surface area contributed by atoms with Crippen molar-refractivity contribution in [3.63, 3.8) is 0 Å². The van der Waals surface area contributed by atoms with Gasteiger partial charge in [0.25, 0.3) is 5.91 Å². The molecule has 144 valence electrons. The first-order valence-electron chi connectivity index (χ1n) is 10.0. The number of piperidine rings is 1. The van der Waals surface area contributed by atoms with Crippen LogP contribution in [0.3, 0.4) is 0 Å². The minimum Gasteiger partial charge on any atom is -0.497 e. The monoisotopic (exact) mass is 369 g/mol. The van der Waals surface area contributed by atoms with Crippen LogP contribution in [0, 0.1) is 0 Å². The Morgan fingerprint density at radius 2 is 2.19 bits per heavy atom. The van der Waals surface area contributed by atoms with Crippen molar-refractivity contribution in [2.24, 2.45) is 0 Å². The molecule has 0 bridgehead atoms. The zero-order valence-corrected chi connectivity index (χ0v) is 15.8. The predicted octanol–water partition coefficient (Wildman–Crippen LogP) is 2.32. The molecule has 2 fully saturated rings. The highest BCUT2D eigenvalue weighted by molar-refractivity contribution is 5.87. The Bertz CT molecular complexity index is 861. The number of hydrogen-bond acceptors (Lipinski definition) is 4. The molecular weight excluding hydrogens is 342 g/mol. The number of rotatable bonds is 2. The smallest absolute Gasteiger partial charge is 0.251 e. The number of fused-ring (bicyclic) bond motifs is 4. The van der Waals surface area contributed by atoms with E-state index >= 15 is 0 Å². The Labute approximate surface area is 159 Å². The van der Waals surface area contributed by atoms with Crippen LogP contribution in [0.1, 0.15) is 36.9 Å². The number of aromatic nitrogens is 1. The molecule has 4 heterocycles. The zero-order chi connectivity index (χ0) is 18.4. The van der Waals surface area contributed by atoms with Crippen LogP contribution in [0.4, 0.5) is 0 Å². The lowest BCUT2D eigenvalue weighted by Gasteiger charge is -2.45. The quantitative estimate of drug-likeness (QED) is 0.853. The van der Waals surface area contributed by atoms with Gasteiger partial charge in [0, 0.05) is 42.8 Å². The largest absolute Gasteiger partial charge is 0.497 e. The number of aromatic amines is 1. The van der Waals surface area contributed by atoms with Gasteiger partial charge in [-0.3, -0.25) is 4.79 Å². The molecular formula is C21H27N3O3. The third-order valence-electron chi connectivity index (χ3n) is 6.56. The number of carbonyl (C=O) groups is 1. The first-order valence-corrected chi connectivity index (χ1v) is 10.0. The maximum absolute atomic E-state index is 12.7. The Kier molecular flexibility index (Phi) is 4.13. The molecule has 0 radical (unpaired) electrons. The molecule has 3 aliphatic rings. The Morgan fingerprint density at radius 3 is 2.93 bits per heavy atom. The lowest BCUT2D eigenvalue weighted by Crippen LogP contribution is -2.56. The molecule has 2 saturated heterocycles. The summed E-state index contributed by atoms with van der Waals surface area (Å²) >= 11 is 0. The molecule has 1 atom stereocenters. The van der Waals surface area contributed by atoms with Gasteiger partial charge in [-0.15, -0.1) is 0 Å². The average molecular weight is 369 g/mol. The Hall–Kier alpha value is -2.05. The highest BCUT2D eigenvalue weighted by Gasteiger charge is 2.43. The topological polar surface area (TPSA) is 66.6 Å². The van der Waals surface area contributed by atoms with Crippen molar-refractivity contribution >= 4 is 16.8 Å². The van der Waals surface area contributed by atoms with E-state index in [4.69, 9.17) is 9.47 Å². The fourth-order valence-electron chi connectivity index (χ4n) is 5.05. The van der Waals surface area contributed by atoms with Gasteiger partial charge in [0.1, 0.15) is 11.9 Å². The second-order valence-electron chi connectivity index (χ2n) is 7.98. The van der Waals surface area contributed by atoms with E-state index in [0.29, 0.717) is 0 Å². The molecule has 0 saturated carbocycles. The van der Waals surface area contributed by atoms with Gasteiger partial charge in [-0.1, -0.05) is 0 Å². The molecule has 2 N–H and O–H groups in total. The van der Waals surface area contributed by atoms with Gasteiger partial charge in [-0.2, -0.15) is 0 Å². The van der Waals surface area contributed by atoms with Crippen LogP contribution in [0.15, 0.2) is 18.2 Å². The molecule has 3 aliphatic heterocycles. The Morgan fingerprint density at radius 1 is 1.33 bits per heavy atom. The van der Waals surface area contributed by atoms with E-state index in [1.807, 2.05) is 11.0 Å². The number of benzene rings is 1. The summed E-state index contributed by atoms with van der Waals surface area (Å²) in [7, 11) is 1.71. The molecule has 5 rings (SSSR count). The lowest BCUT2D eigenvalue weighted by atomic mass is 9.79. The van der Waals surface area contributed by atoms with E-state index in [1.165, 1.54) is 22.2 Å². The molecule has 27 heavy (non-hydrogen) atoms. The van der Waals surface area contributed by atoms with E-state index in [2.05, 4.69) is 22.4 Å². The maximum Gasteiger partial charge on any atom is 0.251 e. The normalized spacial score (nSPS) is 24.3. The van der Waals surface area contributed by atoms with E-state index in [9.17, 15) is 4.79 Å². The number of nitrogens with one attached hydrogen (secondary N) is 2. The summed E-state index contributed by atoms with van der Waals surface area (Å²) in [5.74, 6) is 1.08. The van der Waals surface area contributed by atoms with Crippen LogP contribution in [0.2, 0.25) is 0 Å². The molecule has 2 aromatic rings. The fraction of sp³-hybridized carbons (Fsp3) is 0.571. The number of ether oxygens (including phenoxy) is 2. The van der Waals surface area contributed by atoms with Crippen LogP contribution < -0.4 is 10.1 Å². The Balaban J connectivity index is 1.41. The van der Waals surface area contributed by atoms with Crippen LogP contribution >= 0.6 is 0 Å². The van der Waals surface area contributed by atoms with E-state index in [-0.39, 0.29) is 17.6 Å². The lowest BCUT2D eigenvalue weighted by molar-refractivity contribution is -0.142. The molecule has 1 amide bonds. The number of nitrogens with zero attached hydrogens (tertiary/aromatic N) is 1. The average Bonchev–Trinajstić information content (AvgIpc) is 3.37. The number of carbonyl (C=O) groups excluding carboxylic acids is 1. The first kappa shape index (κ1) is 17.1. The molecule has 1 spiro atoms. The van der Waals surface area contributed by atoms with E-state index in [1.54, 1.807) is 7.11 Å². The molecule has 0 aliphatic carbocycles. The number of amides is 1. The van der Waals surface area contributed by atoms with E-state index in [0.717, 1.165) is 64.1 Å². The van der Waals surface area contributed by atoms with Crippen LogP contribution in [0.25, 0.3) is 10.9 Å². The molecule has 1 unspecified atom stereocenters. The molecule has 1 aromatic heterocycles. The van der Waals surface area contributed by atoms with Gasteiger partial charge in [-0.25, -0.2) is 0 Å². The number of H-pyrrole nitrogens is 1. The second kappa shape index (κ2) is 6.53.